The van der Waals surface area contributed by atoms with Crippen LogP contribution in [0.3, 0.4) is 0 Å². The van der Waals surface area contributed by atoms with Crippen LogP contribution in [0, 0.1) is 0 Å². The van der Waals surface area contributed by atoms with Gasteiger partial charge in [-0.05, 0) is 6.42 Å². The van der Waals surface area contributed by atoms with Crippen molar-refractivity contribution < 1.29 is 4.74 Å². The van der Waals surface area contributed by atoms with Crippen LogP contribution >= 0.6 is 11.6 Å². The first-order valence-electron chi connectivity index (χ1n) is 4.87. The second-order valence-corrected chi connectivity index (χ2v) is 3.73. The zero-order valence-electron chi connectivity index (χ0n) is 8.32. The Labute approximate surface area is 93.2 Å². The van der Waals surface area contributed by atoms with Crippen molar-refractivity contribution in [3.8, 4) is 0 Å². The molecular weight excluding hydrogens is 216 g/mol. The monoisotopic (exact) mass is 228 g/mol. The quantitative estimate of drug-likeness (QED) is 0.775. The summed E-state index contributed by atoms with van der Waals surface area (Å²) in [6, 6.07) is 0. The van der Waals surface area contributed by atoms with Gasteiger partial charge in [-0.25, -0.2) is 9.97 Å². The van der Waals surface area contributed by atoms with Gasteiger partial charge in [0.25, 0.3) is 0 Å². The van der Waals surface area contributed by atoms with Crippen molar-refractivity contribution in [2.45, 2.75) is 6.42 Å². The average Bonchev–Trinajstić information content (AvgIpc) is 2.50. The minimum Gasteiger partial charge on any atom is -0.382 e. The van der Waals surface area contributed by atoms with Gasteiger partial charge in [0.2, 0.25) is 0 Å². The fraction of sp³-hybridized carbons (Fsp3) is 0.556. The second-order valence-electron chi connectivity index (χ2n) is 3.35. The van der Waals surface area contributed by atoms with Crippen LogP contribution in [0.5, 0.6) is 0 Å². The molecule has 1 saturated heterocycles. The summed E-state index contributed by atoms with van der Waals surface area (Å²) in [7, 11) is 0. The highest BCUT2D eigenvalue weighted by Crippen LogP contribution is 2.27. The van der Waals surface area contributed by atoms with Gasteiger partial charge in [-0.3, -0.25) is 0 Å². The Morgan fingerprint density at radius 1 is 1.33 bits per heavy atom. The van der Waals surface area contributed by atoms with Crippen molar-refractivity contribution in [3.63, 3.8) is 0 Å². The molecule has 0 aromatic carbocycles. The number of nitrogens with two attached hydrogens (primary N) is 1. The maximum atomic E-state index is 6.05. The smallest absolute Gasteiger partial charge is 0.153 e. The molecule has 1 aliphatic rings. The predicted octanol–water partition coefficient (Wildman–Crippen LogP) is 0.939. The third-order valence-corrected chi connectivity index (χ3v) is 2.68. The van der Waals surface area contributed by atoms with Crippen LogP contribution in [0.15, 0.2) is 6.33 Å². The number of halogens is 1. The van der Waals surface area contributed by atoms with E-state index in [1.807, 2.05) is 0 Å². The zero-order valence-corrected chi connectivity index (χ0v) is 9.07. The first kappa shape index (κ1) is 10.4. The summed E-state index contributed by atoms with van der Waals surface area (Å²) in [6.07, 6.45) is 2.41. The van der Waals surface area contributed by atoms with Gasteiger partial charge in [0.1, 0.15) is 17.2 Å². The van der Waals surface area contributed by atoms with E-state index in [1.54, 1.807) is 0 Å². The lowest BCUT2D eigenvalue weighted by Crippen LogP contribution is -2.27. The molecule has 82 valence electrons. The molecule has 15 heavy (non-hydrogen) atoms. The number of hydrogen-bond donors (Lipinski definition) is 1. The molecular formula is C9H13ClN4O. The van der Waals surface area contributed by atoms with Crippen LogP contribution in [-0.2, 0) is 4.74 Å². The second kappa shape index (κ2) is 4.63. The molecule has 1 fully saturated rings. The summed E-state index contributed by atoms with van der Waals surface area (Å²) in [5.74, 6) is 1.03. The molecule has 0 saturated carbocycles. The molecule has 1 aromatic heterocycles. The van der Waals surface area contributed by atoms with Crippen LogP contribution in [0.4, 0.5) is 11.6 Å². The van der Waals surface area contributed by atoms with E-state index in [9.17, 15) is 0 Å². The number of aromatic nitrogens is 2. The van der Waals surface area contributed by atoms with Gasteiger partial charge in [-0.15, -0.1) is 0 Å². The van der Waals surface area contributed by atoms with E-state index < -0.39 is 0 Å². The highest BCUT2D eigenvalue weighted by atomic mass is 35.5. The number of nitrogen functional groups attached to an aromatic ring is 1. The highest BCUT2D eigenvalue weighted by Gasteiger charge is 2.16. The molecule has 6 heteroatoms. The van der Waals surface area contributed by atoms with Crippen molar-refractivity contribution >= 4 is 23.2 Å². The minimum atomic E-state index is 0.326. The lowest BCUT2D eigenvalue weighted by atomic mass is 10.4. The number of hydrogen-bond acceptors (Lipinski definition) is 5. The van der Waals surface area contributed by atoms with Crippen molar-refractivity contribution in [2.24, 2.45) is 0 Å². The average molecular weight is 229 g/mol. The summed E-state index contributed by atoms with van der Waals surface area (Å²) in [4.78, 5) is 10.1. The first-order chi connectivity index (χ1) is 7.29. The largest absolute Gasteiger partial charge is 0.382 e. The summed E-state index contributed by atoms with van der Waals surface area (Å²) in [5.41, 5.74) is 5.63. The van der Waals surface area contributed by atoms with Crippen molar-refractivity contribution in [3.05, 3.63) is 11.3 Å². The third-order valence-electron chi connectivity index (χ3n) is 2.32. The maximum absolute atomic E-state index is 6.05. The Hall–Kier alpha value is -1.07. The van der Waals surface area contributed by atoms with Gasteiger partial charge in [0.05, 0.1) is 6.61 Å². The molecule has 2 rings (SSSR count). The summed E-state index contributed by atoms with van der Waals surface area (Å²) in [6.45, 7) is 3.15. The predicted molar refractivity (Wildman–Crippen MR) is 59.1 cm³/mol. The molecule has 0 amide bonds. The van der Waals surface area contributed by atoms with Crippen LogP contribution in [-0.4, -0.2) is 36.3 Å². The van der Waals surface area contributed by atoms with Crippen molar-refractivity contribution in [2.75, 3.05) is 36.9 Å². The van der Waals surface area contributed by atoms with Gasteiger partial charge in [0.15, 0.2) is 5.82 Å². The molecule has 1 aliphatic heterocycles. The minimum absolute atomic E-state index is 0.326. The number of anilines is 2. The maximum Gasteiger partial charge on any atom is 0.153 e. The van der Waals surface area contributed by atoms with Gasteiger partial charge in [-0.2, -0.15) is 0 Å². The van der Waals surface area contributed by atoms with Crippen molar-refractivity contribution in [1.82, 2.24) is 9.97 Å². The number of ether oxygens (including phenoxy) is 1. The molecule has 0 spiro atoms. The lowest BCUT2D eigenvalue weighted by molar-refractivity contribution is 0.152. The van der Waals surface area contributed by atoms with Crippen LogP contribution < -0.4 is 10.6 Å². The van der Waals surface area contributed by atoms with E-state index >= 15 is 0 Å². The summed E-state index contributed by atoms with van der Waals surface area (Å²) in [5, 5.41) is 0.430. The van der Waals surface area contributed by atoms with Crippen molar-refractivity contribution in [1.29, 1.82) is 0 Å². The molecule has 2 N–H and O–H groups in total. The SMILES string of the molecule is Nc1ncnc(N2CCCOCC2)c1Cl. The Morgan fingerprint density at radius 2 is 2.20 bits per heavy atom. The van der Waals surface area contributed by atoms with E-state index in [0.29, 0.717) is 23.3 Å². The van der Waals surface area contributed by atoms with Gasteiger partial charge in [-0.1, -0.05) is 11.6 Å². The van der Waals surface area contributed by atoms with E-state index in [2.05, 4.69) is 14.9 Å². The molecule has 1 aromatic rings. The highest BCUT2D eigenvalue weighted by molar-refractivity contribution is 6.35. The van der Waals surface area contributed by atoms with E-state index in [1.165, 1.54) is 6.33 Å². The number of nitrogens with zero attached hydrogens (tertiary/aromatic N) is 3. The van der Waals surface area contributed by atoms with E-state index in [4.69, 9.17) is 22.1 Å². The molecule has 5 nitrogen and oxygen atoms in total. The van der Waals surface area contributed by atoms with E-state index in [0.717, 1.165) is 26.1 Å². The molecule has 0 radical (unpaired) electrons. The van der Waals surface area contributed by atoms with Crippen LogP contribution in [0.1, 0.15) is 6.42 Å². The van der Waals surface area contributed by atoms with Crippen LogP contribution in [0.2, 0.25) is 5.02 Å². The molecule has 2 heterocycles. The zero-order chi connectivity index (χ0) is 10.7. The Kier molecular flexibility index (Phi) is 3.23. The Morgan fingerprint density at radius 3 is 3.07 bits per heavy atom. The van der Waals surface area contributed by atoms with E-state index in [-0.39, 0.29) is 0 Å². The fourth-order valence-corrected chi connectivity index (χ4v) is 1.77. The number of rotatable bonds is 1. The fourth-order valence-electron chi connectivity index (χ4n) is 1.55. The Bertz CT molecular complexity index is 339. The van der Waals surface area contributed by atoms with Gasteiger partial charge < -0.3 is 15.4 Å². The molecule has 0 bridgehead atoms. The third kappa shape index (κ3) is 2.30. The molecule has 0 atom stereocenters. The van der Waals surface area contributed by atoms with Crippen LogP contribution in [0.25, 0.3) is 0 Å². The molecule has 0 unspecified atom stereocenters. The normalized spacial score (nSPS) is 17.5. The summed E-state index contributed by atoms with van der Waals surface area (Å²) < 4.78 is 5.36. The molecule has 0 aliphatic carbocycles. The lowest BCUT2D eigenvalue weighted by Gasteiger charge is -2.21. The van der Waals surface area contributed by atoms with Gasteiger partial charge >= 0.3 is 0 Å². The first-order valence-corrected chi connectivity index (χ1v) is 5.25. The summed E-state index contributed by atoms with van der Waals surface area (Å²) >= 11 is 6.05. The van der Waals surface area contributed by atoms with Gasteiger partial charge in [0, 0.05) is 19.7 Å². The topological polar surface area (TPSA) is 64.3 Å². The standard InChI is InChI=1S/C9H13ClN4O/c10-7-8(11)12-6-13-9(7)14-2-1-4-15-5-3-14/h6H,1-5H2,(H2,11,12,13). The Balaban J connectivity index is 2.23.